The van der Waals surface area contributed by atoms with Crippen LogP contribution in [0.25, 0.3) is 11.3 Å². The van der Waals surface area contributed by atoms with E-state index in [0.717, 1.165) is 11.3 Å². The van der Waals surface area contributed by atoms with E-state index in [-0.39, 0.29) is 5.91 Å². The van der Waals surface area contributed by atoms with Crippen LogP contribution in [0.1, 0.15) is 16.2 Å². The molecule has 23 heavy (non-hydrogen) atoms. The quantitative estimate of drug-likeness (QED) is 0.800. The number of carbonyl (C=O) groups excluding carboxylic acids is 1. The molecule has 7 heteroatoms. The number of carbonyl (C=O) groups is 1. The fraction of sp³-hybridized carbons (Fsp3) is 0.188. The zero-order valence-electron chi connectivity index (χ0n) is 12.8. The Morgan fingerprint density at radius 2 is 2.04 bits per heavy atom. The van der Waals surface area contributed by atoms with Gasteiger partial charge < -0.3 is 4.90 Å². The zero-order valence-corrected chi connectivity index (χ0v) is 13.6. The lowest BCUT2D eigenvalue weighted by Crippen LogP contribution is -2.26. The first-order valence-corrected chi connectivity index (χ1v) is 7.46. The lowest BCUT2D eigenvalue weighted by atomic mass is 10.1. The van der Waals surface area contributed by atoms with E-state index in [1.54, 1.807) is 34.8 Å². The summed E-state index contributed by atoms with van der Waals surface area (Å²) in [6.45, 7) is 0.439. The van der Waals surface area contributed by atoms with Crippen molar-refractivity contribution in [2.45, 2.75) is 6.54 Å². The monoisotopic (exact) mass is 329 g/mol. The van der Waals surface area contributed by atoms with Crippen LogP contribution >= 0.6 is 11.6 Å². The Bertz CT molecular complexity index is 821. The van der Waals surface area contributed by atoms with Gasteiger partial charge in [-0.25, -0.2) is 0 Å². The first-order valence-electron chi connectivity index (χ1n) is 7.08. The highest BCUT2D eigenvalue weighted by Gasteiger charge is 2.16. The van der Waals surface area contributed by atoms with Crippen molar-refractivity contribution in [1.29, 1.82) is 0 Å². The van der Waals surface area contributed by atoms with Crippen LogP contribution in [0, 0.1) is 0 Å². The van der Waals surface area contributed by atoms with Crippen LogP contribution < -0.4 is 0 Å². The number of aromatic nitrogens is 4. The van der Waals surface area contributed by atoms with Gasteiger partial charge in [0.2, 0.25) is 0 Å². The van der Waals surface area contributed by atoms with Crippen molar-refractivity contribution in [2.75, 3.05) is 7.05 Å². The number of halogens is 1. The predicted molar refractivity (Wildman–Crippen MR) is 88.0 cm³/mol. The largest absolute Gasteiger partial charge is 0.334 e. The molecule has 1 amide bonds. The average molecular weight is 330 g/mol. The summed E-state index contributed by atoms with van der Waals surface area (Å²) < 4.78 is 1.71. The van der Waals surface area contributed by atoms with Gasteiger partial charge in [-0.15, -0.1) is 0 Å². The Morgan fingerprint density at radius 1 is 1.30 bits per heavy atom. The van der Waals surface area contributed by atoms with Crippen molar-refractivity contribution in [2.24, 2.45) is 7.05 Å². The maximum Gasteiger partial charge on any atom is 0.271 e. The number of amides is 1. The number of H-pyrrole nitrogens is 1. The van der Waals surface area contributed by atoms with E-state index in [9.17, 15) is 4.79 Å². The Balaban J connectivity index is 1.74. The second-order valence-electron chi connectivity index (χ2n) is 5.32. The van der Waals surface area contributed by atoms with E-state index in [0.29, 0.717) is 23.0 Å². The van der Waals surface area contributed by atoms with Crippen molar-refractivity contribution in [3.63, 3.8) is 0 Å². The van der Waals surface area contributed by atoms with Crippen LogP contribution in [-0.4, -0.2) is 37.8 Å². The molecule has 2 aromatic heterocycles. The van der Waals surface area contributed by atoms with Crippen LogP contribution in [0.15, 0.2) is 42.6 Å². The average Bonchev–Trinajstić information content (AvgIpc) is 3.16. The number of hydrogen-bond acceptors (Lipinski definition) is 3. The molecule has 0 spiro atoms. The Labute approximate surface area is 138 Å². The molecule has 0 radical (unpaired) electrons. The summed E-state index contributed by atoms with van der Waals surface area (Å²) in [4.78, 5) is 14.1. The molecule has 0 aliphatic rings. The Kier molecular flexibility index (Phi) is 4.16. The smallest absolute Gasteiger partial charge is 0.271 e. The number of rotatable bonds is 4. The Morgan fingerprint density at radius 3 is 2.70 bits per heavy atom. The molecule has 0 aliphatic carbocycles. The SMILES string of the molecule is CN(Cc1ccn(C)n1)C(=O)c1cc(-c2ccc(Cl)cc2)n[nH]1. The Hall–Kier alpha value is -2.60. The number of nitrogens with one attached hydrogen (secondary N) is 1. The highest BCUT2D eigenvalue weighted by atomic mass is 35.5. The van der Waals surface area contributed by atoms with Crippen LogP contribution in [0.5, 0.6) is 0 Å². The van der Waals surface area contributed by atoms with Gasteiger partial charge in [0.15, 0.2) is 0 Å². The third-order valence-corrected chi connectivity index (χ3v) is 3.71. The summed E-state index contributed by atoms with van der Waals surface area (Å²) >= 11 is 5.88. The summed E-state index contributed by atoms with van der Waals surface area (Å²) in [5.41, 5.74) is 2.88. The highest BCUT2D eigenvalue weighted by Crippen LogP contribution is 2.20. The van der Waals surface area contributed by atoms with Crippen LogP contribution in [0.2, 0.25) is 5.02 Å². The molecular formula is C16H16ClN5O. The summed E-state index contributed by atoms with van der Waals surface area (Å²) in [6, 6.07) is 10.9. The highest BCUT2D eigenvalue weighted by molar-refractivity contribution is 6.30. The minimum Gasteiger partial charge on any atom is -0.334 e. The maximum atomic E-state index is 12.5. The van der Waals surface area contributed by atoms with Crippen molar-refractivity contribution in [1.82, 2.24) is 24.9 Å². The summed E-state index contributed by atoms with van der Waals surface area (Å²) in [6.07, 6.45) is 1.85. The number of hydrogen-bond donors (Lipinski definition) is 1. The molecule has 0 bridgehead atoms. The molecule has 1 N–H and O–H groups in total. The van der Waals surface area contributed by atoms with E-state index in [1.807, 2.05) is 31.4 Å². The molecular weight excluding hydrogens is 314 g/mol. The molecule has 3 aromatic rings. The molecule has 0 saturated heterocycles. The van der Waals surface area contributed by atoms with Gasteiger partial charge in [0.1, 0.15) is 5.69 Å². The van der Waals surface area contributed by atoms with E-state index in [2.05, 4.69) is 15.3 Å². The molecule has 0 unspecified atom stereocenters. The van der Waals surface area contributed by atoms with E-state index in [4.69, 9.17) is 11.6 Å². The van der Waals surface area contributed by atoms with Gasteiger partial charge >= 0.3 is 0 Å². The van der Waals surface area contributed by atoms with Crippen LogP contribution in [0.3, 0.4) is 0 Å². The molecule has 6 nitrogen and oxygen atoms in total. The van der Waals surface area contributed by atoms with Gasteiger partial charge in [0.25, 0.3) is 5.91 Å². The number of aryl methyl sites for hydroxylation is 1. The molecule has 0 saturated carbocycles. The van der Waals surface area contributed by atoms with Gasteiger partial charge in [-0.05, 0) is 24.3 Å². The summed E-state index contributed by atoms with van der Waals surface area (Å²) in [7, 11) is 3.58. The van der Waals surface area contributed by atoms with Gasteiger partial charge in [-0.1, -0.05) is 23.7 Å². The molecule has 1 aromatic carbocycles. The zero-order chi connectivity index (χ0) is 16.4. The predicted octanol–water partition coefficient (Wildman–Crippen LogP) is 2.74. The summed E-state index contributed by atoms with van der Waals surface area (Å²) in [5, 5.41) is 11.9. The second-order valence-corrected chi connectivity index (χ2v) is 5.75. The molecule has 2 heterocycles. The first-order chi connectivity index (χ1) is 11.0. The van der Waals surface area contributed by atoms with Gasteiger partial charge in [0, 0.05) is 30.9 Å². The molecule has 0 fully saturated rings. The van der Waals surface area contributed by atoms with Crippen molar-refractivity contribution in [3.05, 3.63) is 59.0 Å². The molecule has 0 atom stereocenters. The number of aromatic amines is 1. The van der Waals surface area contributed by atoms with E-state index < -0.39 is 0 Å². The first kappa shape index (κ1) is 15.3. The fourth-order valence-corrected chi connectivity index (χ4v) is 2.39. The van der Waals surface area contributed by atoms with Crippen molar-refractivity contribution >= 4 is 17.5 Å². The molecule has 3 rings (SSSR count). The second kappa shape index (κ2) is 6.26. The van der Waals surface area contributed by atoms with Crippen LogP contribution in [0.4, 0.5) is 0 Å². The third kappa shape index (κ3) is 3.43. The van der Waals surface area contributed by atoms with Gasteiger partial charge in [0.05, 0.1) is 17.9 Å². The van der Waals surface area contributed by atoms with E-state index >= 15 is 0 Å². The molecule has 118 valence electrons. The van der Waals surface area contributed by atoms with E-state index in [1.165, 1.54) is 0 Å². The summed E-state index contributed by atoms with van der Waals surface area (Å²) in [5.74, 6) is -0.136. The number of benzene rings is 1. The maximum absolute atomic E-state index is 12.5. The van der Waals surface area contributed by atoms with Crippen LogP contribution in [-0.2, 0) is 13.6 Å². The minimum atomic E-state index is -0.136. The fourth-order valence-electron chi connectivity index (χ4n) is 2.27. The lowest BCUT2D eigenvalue weighted by Gasteiger charge is -2.14. The number of nitrogens with zero attached hydrogens (tertiary/aromatic N) is 4. The minimum absolute atomic E-state index is 0.136. The van der Waals surface area contributed by atoms with Crippen molar-refractivity contribution in [3.8, 4) is 11.3 Å². The standard InChI is InChI=1S/C16H16ClN5O/c1-21(10-13-7-8-22(2)20-13)16(23)15-9-14(18-19-15)11-3-5-12(17)6-4-11/h3-9H,10H2,1-2H3,(H,18,19). The molecule has 0 aliphatic heterocycles. The third-order valence-electron chi connectivity index (χ3n) is 3.46. The van der Waals surface area contributed by atoms with Gasteiger partial charge in [-0.3, -0.25) is 14.6 Å². The van der Waals surface area contributed by atoms with Crippen molar-refractivity contribution < 1.29 is 4.79 Å². The van der Waals surface area contributed by atoms with Gasteiger partial charge in [-0.2, -0.15) is 10.2 Å². The topological polar surface area (TPSA) is 66.8 Å². The normalized spacial score (nSPS) is 10.7. The lowest BCUT2D eigenvalue weighted by molar-refractivity contribution is 0.0777.